The van der Waals surface area contributed by atoms with E-state index in [1.165, 1.54) is 12.1 Å². The second-order valence-corrected chi connectivity index (χ2v) is 5.06. The molecule has 1 unspecified atom stereocenters. The van der Waals surface area contributed by atoms with Crippen LogP contribution in [0.2, 0.25) is 5.02 Å². The molecule has 0 spiro atoms. The fraction of sp³-hybridized carbons (Fsp3) is 0.188. The van der Waals surface area contributed by atoms with Crippen LogP contribution < -0.4 is 10.5 Å². The van der Waals surface area contributed by atoms with E-state index < -0.39 is 11.5 Å². The first kappa shape index (κ1) is 16.3. The highest BCUT2D eigenvalue weighted by atomic mass is 35.5. The van der Waals surface area contributed by atoms with Gasteiger partial charge in [0.15, 0.2) is 5.60 Å². The van der Waals surface area contributed by atoms with Crippen LogP contribution in [0.15, 0.2) is 48.5 Å². The molecule has 2 aromatic rings. The molecule has 0 bridgehead atoms. The first-order chi connectivity index (χ1) is 10.5. The molecule has 22 heavy (non-hydrogen) atoms. The maximum atomic E-state index is 11.9. The summed E-state index contributed by atoms with van der Waals surface area (Å²) in [4.78, 5) is 11.9. The molecule has 0 heterocycles. The van der Waals surface area contributed by atoms with Crippen molar-refractivity contribution in [2.24, 2.45) is 5.73 Å². The summed E-state index contributed by atoms with van der Waals surface area (Å²) in [6, 6.07) is 12.8. The first-order valence-electron chi connectivity index (χ1n) is 6.61. The molecular weight excluding hydrogens is 306 g/mol. The van der Waals surface area contributed by atoms with E-state index in [9.17, 15) is 9.90 Å². The van der Waals surface area contributed by atoms with Crippen LogP contribution in [0.3, 0.4) is 0 Å². The molecule has 0 aromatic heterocycles. The van der Waals surface area contributed by atoms with E-state index in [0.717, 1.165) is 0 Å². The van der Waals surface area contributed by atoms with Crippen molar-refractivity contribution < 1.29 is 19.7 Å². The van der Waals surface area contributed by atoms with Crippen molar-refractivity contribution in [3.8, 4) is 5.75 Å². The molecule has 1 amide bonds. The summed E-state index contributed by atoms with van der Waals surface area (Å²) in [6.07, 6.45) is 0. The molecule has 0 fully saturated rings. The molecule has 0 aliphatic carbocycles. The van der Waals surface area contributed by atoms with Crippen molar-refractivity contribution in [1.82, 2.24) is 0 Å². The summed E-state index contributed by atoms with van der Waals surface area (Å²) in [6.45, 7) is -0.0109. The van der Waals surface area contributed by atoms with E-state index >= 15 is 0 Å². The lowest BCUT2D eigenvalue weighted by Crippen LogP contribution is -2.42. The Hall–Kier alpha value is -2.08. The Labute approximate surface area is 132 Å². The Morgan fingerprint density at radius 3 is 2.45 bits per heavy atom. The highest BCUT2D eigenvalue weighted by Gasteiger charge is 2.39. The van der Waals surface area contributed by atoms with Gasteiger partial charge in [-0.05, 0) is 17.7 Å². The zero-order valence-electron chi connectivity index (χ0n) is 11.7. The molecule has 6 heteroatoms. The van der Waals surface area contributed by atoms with Crippen LogP contribution in [-0.4, -0.2) is 29.3 Å². The van der Waals surface area contributed by atoms with Gasteiger partial charge in [0.2, 0.25) is 0 Å². The van der Waals surface area contributed by atoms with Gasteiger partial charge < -0.3 is 20.7 Å². The van der Waals surface area contributed by atoms with Gasteiger partial charge in [-0.1, -0.05) is 48.0 Å². The average molecular weight is 322 g/mol. The Kier molecular flexibility index (Phi) is 5.03. The van der Waals surface area contributed by atoms with Gasteiger partial charge in [0.25, 0.3) is 5.91 Å². The number of halogens is 1. The van der Waals surface area contributed by atoms with Crippen molar-refractivity contribution in [3.05, 3.63) is 64.7 Å². The predicted octanol–water partition coefficient (Wildman–Crippen LogP) is 1.43. The maximum absolute atomic E-state index is 11.9. The Balaban J connectivity index is 2.48. The number of ether oxygens (including phenoxy) is 1. The van der Waals surface area contributed by atoms with E-state index in [0.29, 0.717) is 11.3 Å². The van der Waals surface area contributed by atoms with Gasteiger partial charge in [-0.3, -0.25) is 4.79 Å². The summed E-state index contributed by atoms with van der Waals surface area (Å²) in [5.74, 6) is -0.507. The number of hydrogen-bond donors (Lipinski definition) is 3. The lowest BCUT2D eigenvalue weighted by Gasteiger charge is -2.26. The van der Waals surface area contributed by atoms with Crippen molar-refractivity contribution in [2.45, 2.75) is 5.60 Å². The van der Waals surface area contributed by atoms with Gasteiger partial charge in [0, 0.05) is 5.56 Å². The third kappa shape index (κ3) is 3.06. The zero-order valence-corrected chi connectivity index (χ0v) is 12.5. The summed E-state index contributed by atoms with van der Waals surface area (Å²) in [5, 5.41) is 19.7. The third-order valence-electron chi connectivity index (χ3n) is 3.24. The van der Waals surface area contributed by atoms with Crippen molar-refractivity contribution in [2.75, 3.05) is 13.2 Å². The number of hydrogen-bond acceptors (Lipinski definition) is 4. The van der Waals surface area contributed by atoms with Gasteiger partial charge in [-0.15, -0.1) is 0 Å². The highest BCUT2D eigenvalue weighted by molar-refractivity contribution is 6.32. The van der Waals surface area contributed by atoms with E-state index in [1.807, 2.05) is 0 Å². The molecule has 5 nitrogen and oxygen atoms in total. The second kappa shape index (κ2) is 6.79. The molecule has 1 atom stereocenters. The van der Waals surface area contributed by atoms with E-state index in [4.69, 9.17) is 27.2 Å². The Morgan fingerprint density at radius 1 is 1.23 bits per heavy atom. The number of amides is 1. The number of benzene rings is 2. The molecule has 0 aliphatic heterocycles. The number of carbonyl (C=O) groups is 1. The summed E-state index contributed by atoms with van der Waals surface area (Å²) >= 11 is 6.18. The predicted molar refractivity (Wildman–Crippen MR) is 82.7 cm³/mol. The lowest BCUT2D eigenvalue weighted by atomic mass is 9.85. The molecule has 2 aromatic carbocycles. The number of aliphatic hydroxyl groups excluding tert-OH is 1. The van der Waals surface area contributed by atoms with E-state index in [2.05, 4.69) is 0 Å². The molecule has 2 rings (SSSR count). The SMILES string of the molecule is NC(=O)C(O)(c1ccccc1)c1ccc(OCCO)cc1Cl. The fourth-order valence-electron chi connectivity index (χ4n) is 2.15. The zero-order chi connectivity index (χ0) is 16.2. The Morgan fingerprint density at radius 2 is 1.91 bits per heavy atom. The Bertz CT molecular complexity index is 662. The normalized spacial score (nSPS) is 13.4. The van der Waals surface area contributed by atoms with Crippen LogP contribution >= 0.6 is 11.6 Å². The molecule has 0 radical (unpaired) electrons. The van der Waals surface area contributed by atoms with Gasteiger partial charge in [-0.25, -0.2) is 0 Å². The van der Waals surface area contributed by atoms with Gasteiger partial charge in [0.05, 0.1) is 11.6 Å². The number of carbonyl (C=O) groups excluding carboxylic acids is 1. The van der Waals surface area contributed by atoms with Gasteiger partial charge in [-0.2, -0.15) is 0 Å². The van der Waals surface area contributed by atoms with Crippen LogP contribution in [0.5, 0.6) is 5.75 Å². The smallest absolute Gasteiger partial charge is 0.258 e. The quantitative estimate of drug-likeness (QED) is 0.750. The minimum absolute atomic E-state index is 0.119. The molecular formula is C16H16ClNO4. The molecule has 116 valence electrons. The van der Waals surface area contributed by atoms with E-state index in [1.54, 1.807) is 36.4 Å². The number of aliphatic hydroxyl groups is 2. The number of rotatable bonds is 6. The van der Waals surface area contributed by atoms with Crippen LogP contribution in [0.1, 0.15) is 11.1 Å². The largest absolute Gasteiger partial charge is 0.491 e. The third-order valence-corrected chi connectivity index (χ3v) is 3.55. The minimum atomic E-state index is -2.03. The highest BCUT2D eigenvalue weighted by Crippen LogP contribution is 2.36. The average Bonchev–Trinajstić information content (AvgIpc) is 2.53. The monoisotopic (exact) mass is 321 g/mol. The van der Waals surface area contributed by atoms with Crippen molar-refractivity contribution in [1.29, 1.82) is 0 Å². The number of nitrogens with two attached hydrogens (primary N) is 1. The minimum Gasteiger partial charge on any atom is -0.491 e. The topological polar surface area (TPSA) is 92.8 Å². The fourth-order valence-corrected chi connectivity index (χ4v) is 2.46. The van der Waals surface area contributed by atoms with E-state index in [-0.39, 0.29) is 23.8 Å². The first-order valence-corrected chi connectivity index (χ1v) is 6.99. The van der Waals surface area contributed by atoms with Gasteiger partial charge >= 0.3 is 0 Å². The van der Waals surface area contributed by atoms with Crippen LogP contribution in [0.25, 0.3) is 0 Å². The number of primary amides is 1. The van der Waals surface area contributed by atoms with Crippen molar-refractivity contribution >= 4 is 17.5 Å². The standard InChI is InChI=1S/C16H16ClNO4/c17-14-10-12(22-9-8-19)6-7-13(14)16(21,15(18)20)11-4-2-1-3-5-11/h1-7,10,19,21H,8-9H2,(H2,18,20). The van der Waals surface area contributed by atoms with Crippen molar-refractivity contribution in [3.63, 3.8) is 0 Å². The molecule has 4 N–H and O–H groups in total. The molecule has 0 saturated carbocycles. The van der Waals surface area contributed by atoms with Crippen LogP contribution in [0.4, 0.5) is 0 Å². The lowest BCUT2D eigenvalue weighted by molar-refractivity contribution is -0.133. The summed E-state index contributed by atoms with van der Waals surface area (Å²) < 4.78 is 5.24. The maximum Gasteiger partial charge on any atom is 0.258 e. The molecule has 0 aliphatic rings. The van der Waals surface area contributed by atoms with Gasteiger partial charge in [0.1, 0.15) is 12.4 Å². The van der Waals surface area contributed by atoms with Crippen LogP contribution in [-0.2, 0) is 10.4 Å². The second-order valence-electron chi connectivity index (χ2n) is 4.65. The summed E-state index contributed by atoms with van der Waals surface area (Å²) in [5.41, 5.74) is 3.87. The molecule has 0 saturated heterocycles. The van der Waals surface area contributed by atoms with Crippen LogP contribution in [0, 0.1) is 0 Å². The summed E-state index contributed by atoms with van der Waals surface area (Å²) in [7, 11) is 0.